The van der Waals surface area contributed by atoms with Gasteiger partial charge in [-0.3, -0.25) is 4.79 Å². The molecule has 0 radical (unpaired) electrons. The number of imide groups is 1. The highest BCUT2D eigenvalue weighted by molar-refractivity contribution is 6.43. The Morgan fingerprint density at radius 3 is 2.31 bits per heavy atom. The number of carbonyl (C=O) groups is 2. The van der Waals surface area contributed by atoms with E-state index in [1.54, 1.807) is 33.8 Å². The molecule has 0 saturated carbocycles. The monoisotopic (exact) mass is 495 g/mol. The topological polar surface area (TPSA) is 96.1 Å². The largest absolute Gasteiger partial charge is 0.504 e. The fourth-order valence-corrected chi connectivity index (χ4v) is 4.03. The third kappa shape index (κ3) is 4.61. The van der Waals surface area contributed by atoms with Crippen molar-refractivity contribution in [2.24, 2.45) is 0 Å². The summed E-state index contributed by atoms with van der Waals surface area (Å²) in [5, 5.41) is 15.1. The minimum absolute atomic E-state index is 0.00896. The highest BCUT2D eigenvalue weighted by Gasteiger charge is 2.42. The molecule has 1 aromatic heterocycles. The van der Waals surface area contributed by atoms with Crippen molar-refractivity contribution in [2.75, 3.05) is 23.9 Å². The molecule has 2 amide bonds. The van der Waals surface area contributed by atoms with Crippen LogP contribution in [0.25, 0.3) is 22.5 Å². The van der Waals surface area contributed by atoms with Gasteiger partial charge < -0.3 is 19.3 Å². The van der Waals surface area contributed by atoms with Gasteiger partial charge in [0, 0.05) is 37.0 Å². The quantitative estimate of drug-likeness (QED) is 0.347. The van der Waals surface area contributed by atoms with Crippen LogP contribution >= 0.6 is 11.6 Å². The number of benzene rings is 2. The number of aliphatic hydroxyl groups excluding tert-OH is 1. The first-order chi connectivity index (χ1) is 16.4. The molecule has 0 bridgehead atoms. The van der Waals surface area contributed by atoms with E-state index in [4.69, 9.17) is 20.9 Å². The number of aromatic nitrogens is 1. The molecular weight excluding hydrogens is 470 g/mol. The van der Waals surface area contributed by atoms with Crippen LogP contribution in [0, 0.1) is 6.92 Å². The van der Waals surface area contributed by atoms with Gasteiger partial charge in [-0.2, -0.15) is 0 Å². The molecule has 1 N–H and O–H groups in total. The number of halogens is 1. The summed E-state index contributed by atoms with van der Waals surface area (Å²) < 4.78 is 10.6. The van der Waals surface area contributed by atoms with Crippen LogP contribution in [0.3, 0.4) is 0 Å². The van der Waals surface area contributed by atoms with Gasteiger partial charge >= 0.3 is 6.09 Å². The molecule has 1 aliphatic rings. The van der Waals surface area contributed by atoms with Gasteiger partial charge in [0.1, 0.15) is 5.60 Å². The van der Waals surface area contributed by atoms with E-state index >= 15 is 0 Å². The third-order valence-electron chi connectivity index (χ3n) is 5.38. The fraction of sp³-hybridized carbons (Fsp3) is 0.269. The van der Waals surface area contributed by atoms with E-state index < -0.39 is 23.4 Å². The Labute approximate surface area is 208 Å². The van der Waals surface area contributed by atoms with Crippen LogP contribution in [-0.2, 0) is 9.53 Å². The molecule has 0 unspecified atom stereocenters. The van der Waals surface area contributed by atoms with Gasteiger partial charge in [0.2, 0.25) is 5.76 Å². The Balaban J connectivity index is 1.91. The number of fused-ring (bicyclic) bond motifs is 1. The molecule has 2 heterocycles. The summed E-state index contributed by atoms with van der Waals surface area (Å²) in [6.07, 6.45) is -0.876. The first kappa shape index (κ1) is 24.3. The van der Waals surface area contributed by atoms with Crippen LogP contribution in [0.4, 0.5) is 16.2 Å². The highest BCUT2D eigenvalue weighted by Crippen LogP contribution is 2.45. The zero-order valence-electron chi connectivity index (χ0n) is 20.3. The van der Waals surface area contributed by atoms with Crippen LogP contribution in [0.1, 0.15) is 37.8 Å². The van der Waals surface area contributed by atoms with E-state index in [1.807, 2.05) is 43.3 Å². The SMILES string of the molecule is Cc1cc(C(O)=C2C(=O)N(C(=O)OC(C)(C)C)c3cc(Cl)c(-c4ccc(N(C)C)cc4)cc32)on1. The number of aryl methyl sites for hydroxylation is 1. The Kier molecular flexibility index (Phi) is 6.11. The van der Waals surface area contributed by atoms with Crippen molar-refractivity contribution in [3.05, 3.63) is 64.5 Å². The van der Waals surface area contributed by atoms with Crippen molar-refractivity contribution in [3.8, 4) is 11.1 Å². The first-order valence-electron chi connectivity index (χ1n) is 10.9. The number of ether oxygens (including phenoxy) is 1. The number of aliphatic hydroxyl groups is 1. The van der Waals surface area contributed by atoms with Gasteiger partial charge in [0.05, 0.1) is 22.0 Å². The zero-order chi connectivity index (χ0) is 25.7. The predicted octanol–water partition coefficient (Wildman–Crippen LogP) is 6.08. The second-order valence-corrected chi connectivity index (χ2v) is 9.87. The molecule has 2 aromatic carbocycles. The summed E-state index contributed by atoms with van der Waals surface area (Å²) >= 11 is 6.64. The smallest absolute Gasteiger partial charge is 0.422 e. The lowest BCUT2D eigenvalue weighted by atomic mass is 9.98. The summed E-state index contributed by atoms with van der Waals surface area (Å²) in [4.78, 5) is 29.3. The van der Waals surface area contributed by atoms with Crippen LogP contribution in [-0.4, -0.2) is 42.0 Å². The molecule has 0 fully saturated rings. The van der Waals surface area contributed by atoms with Crippen molar-refractivity contribution in [1.29, 1.82) is 0 Å². The maximum Gasteiger partial charge on any atom is 0.422 e. The van der Waals surface area contributed by atoms with E-state index in [0.29, 0.717) is 21.8 Å². The van der Waals surface area contributed by atoms with Gasteiger partial charge in [-0.05, 0) is 57.5 Å². The molecule has 0 spiro atoms. The van der Waals surface area contributed by atoms with Gasteiger partial charge in [-0.15, -0.1) is 0 Å². The number of hydrogen-bond acceptors (Lipinski definition) is 7. The molecule has 8 nitrogen and oxygen atoms in total. The standard InChI is InChI=1S/C26H26ClN3O5/c1-14-11-21(35-28-14)23(31)22-18-12-17(15-7-9-16(10-8-15)29(5)6)19(27)13-20(18)30(24(22)32)25(33)34-26(2,3)4/h7-13,31H,1-6H3. The summed E-state index contributed by atoms with van der Waals surface area (Å²) in [5.41, 5.74) is 2.56. The molecule has 0 aliphatic carbocycles. The Morgan fingerprint density at radius 1 is 1.11 bits per heavy atom. The molecule has 9 heteroatoms. The highest BCUT2D eigenvalue weighted by atomic mass is 35.5. The molecule has 35 heavy (non-hydrogen) atoms. The van der Waals surface area contributed by atoms with Crippen molar-refractivity contribution in [3.63, 3.8) is 0 Å². The molecule has 4 rings (SSSR count). The number of nitrogens with zero attached hydrogens (tertiary/aromatic N) is 3. The summed E-state index contributed by atoms with van der Waals surface area (Å²) in [6, 6.07) is 12.4. The minimum Gasteiger partial charge on any atom is -0.504 e. The van der Waals surface area contributed by atoms with Gasteiger partial charge in [-0.25, -0.2) is 9.69 Å². The molecule has 3 aromatic rings. The minimum atomic E-state index is -0.876. The summed E-state index contributed by atoms with van der Waals surface area (Å²) in [5.74, 6) is -1.18. The lowest BCUT2D eigenvalue weighted by Crippen LogP contribution is -2.38. The summed E-state index contributed by atoms with van der Waals surface area (Å²) in [6.45, 7) is 6.79. The third-order valence-corrected chi connectivity index (χ3v) is 5.69. The van der Waals surface area contributed by atoms with E-state index in [9.17, 15) is 14.7 Å². The van der Waals surface area contributed by atoms with E-state index in [0.717, 1.165) is 16.2 Å². The number of amides is 2. The fourth-order valence-electron chi connectivity index (χ4n) is 3.76. The molecule has 0 atom stereocenters. The maximum atomic E-state index is 13.5. The Bertz CT molecular complexity index is 1350. The van der Waals surface area contributed by atoms with Crippen molar-refractivity contribution in [1.82, 2.24) is 5.16 Å². The average Bonchev–Trinajstić information content (AvgIpc) is 3.31. The Hall–Kier alpha value is -3.78. The average molecular weight is 496 g/mol. The van der Waals surface area contributed by atoms with Crippen LogP contribution in [0.5, 0.6) is 0 Å². The van der Waals surface area contributed by atoms with Crippen LogP contribution in [0.15, 0.2) is 47.0 Å². The van der Waals surface area contributed by atoms with Gasteiger partial charge in [0.25, 0.3) is 5.91 Å². The Morgan fingerprint density at radius 2 is 1.77 bits per heavy atom. The number of rotatable bonds is 3. The lowest BCUT2D eigenvalue weighted by molar-refractivity contribution is -0.112. The van der Waals surface area contributed by atoms with Crippen LogP contribution < -0.4 is 9.80 Å². The molecule has 1 aliphatic heterocycles. The number of anilines is 2. The number of hydrogen-bond donors (Lipinski definition) is 1. The second kappa shape index (κ2) is 8.78. The van der Waals surface area contributed by atoms with Crippen molar-refractivity contribution >= 4 is 46.3 Å². The van der Waals surface area contributed by atoms with Crippen molar-refractivity contribution < 1.29 is 24.0 Å². The van der Waals surface area contributed by atoms with Gasteiger partial charge in [-0.1, -0.05) is 28.9 Å². The van der Waals surface area contributed by atoms with Crippen molar-refractivity contribution in [2.45, 2.75) is 33.3 Å². The maximum absolute atomic E-state index is 13.5. The predicted molar refractivity (Wildman–Crippen MR) is 136 cm³/mol. The number of carbonyl (C=O) groups excluding carboxylic acids is 2. The first-order valence-corrected chi connectivity index (χ1v) is 11.3. The van der Waals surface area contributed by atoms with E-state index in [1.165, 1.54) is 12.1 Å². The molecule has 0 saturated heterocycles. The second-order valence-electron chi connectivity index (χ2n) is 9.47. The van der Waals surface area contributed by atoms with Gasteiger partial charge in [0.15, 0.2) is 5.76 Å². The zero-order valence-corrected chi connectivity index (χ0v) is 21.1. The summed E-state index contributed by atoms with van der Waals surface area (Å²) in [7, 11) is 3.89. The normalized spacial score (nSPS) is 14.7. The van der Waals surface area contributed by atoms with Crippen LogP contribution in [0.2, 0.25) is 5.02 Å². The molecular formula is C26H26ClN3O5. The van der Waals surface area contributed by atoms with E-state index in [2.05, 4.69) is 5.16 Å². The van der Waals surface area contributed by atoms with E-state index in [-0.39, 0.29) is 17.0 Å². The molecule has 182 valence electrons. The lowest BCUT2D eigenvalue weighted by Gasteiger charge is -2.23.